The molecule has 0 unspecified atom stereocenters. The molecule has 2 amide bonds. The van der Waals surface area contributed by atoms with Crippen molar-refractivity contribution in [2.24, 2.45) is 0 Å². The Morgan fingerprint density at radius 2 is 2.00 bits per heavy atom. The topological polar surface area (TPSA) is 103 Å². The van der Waals surface area contributed by atoms with Gasteiger partial charge in [0.25, 0.3) is 0 Å². The minimum Gasteiger partial charge on any atom is -0.449 e. The van der Waals surface area contributed by atoms with Gasteiger partial charge >= 0.3 is 6.09 Å². The van der Waals surface area contributed by atoms with Gasteiger partial charge in [0.1, 0.15) is 11.5 Å². The van der Waals surface area contributed by atoms with Gasteiger partial charge in [-0.3, -0.25) is 10.1 Å². The lowest BCUT2D eigenvalue weighted by Gasteiger charge is -2.44. The SMILES string of the molecule is CCCOC(=O)Nc1cnc2[nH]cc(-c3cccc(N4C[C@@H](C)N(C(C)=O)[C@@H](C)C4)n3)c2c1. The van der Waals surface area contributed by atoms with E-state index in [2.05, 4.69) is 34.0 Å². The van der Waals surface area contributed by atoms with Crippen molar-refractivity contribution in [3.8, 4) is 11.3 Å². The molecule has 174 valence electrons. The van der Waals surface area contributed by atoms with Crippen molar-refractivity contribution in [1.82, 2.24) is 19.9 Å². The maximum atomic E-state index is 12.0. The Morgan fingerprint density at radius 1 is 1.24 bits per heavy atom. The molecular weight excluding hydrogens is 420 g/mol. The van der Waals surface area contributed by atoms with Crippen molar-refractivity contribution in [3.63, 3.8) is 0 Å². The number of nitrogens with zero attached hydrogens (tertiary/aromatic N) is 4. The van der Waals surface area contributed by atoms with E-state index in [0.717, 1.165) is 42.0 Å². The van der Waals surface area contributed by atoms with E-state index in [1.165, 1.54) is 0 Å². The highest BCUT2D eigenvalue weighted by molar-refractivity contribution is 5.96. The van der Waals surface area contributed by atoms with Crippen LogP contribution in [-0.4, -0.2) is 63.6 Å². The van der Waals surface area contributed by atoms with Gasteiger partial charge in [-0.05, 0) is 38.5 Å². The fourth-order valence-electron chi connectivity index (χ4n) is 4.51. The van der Waals surface area contributed by atoms with Gasteiger partial charge in [0.2, 0.25) is 5.91 Å². The Bertz CT molecular complexity index is 1150. The molecule has 1 fully saturated rings. The van der Waals surface area contributed by atoms with Crippen LogP contribution in [-0.2, 0) is 9.53 Å². The molecule has 9 nitrogen and oxygen atoms in total. The van der Waals surface area contributed by atoms with Crippen LogP contribution < -0.4 is 10.2 Å². The smallest absolute Gasteiger partial charge is 0.411 e. The number of hydrogen-bond donors (Lipinski definition) is 2. The van der Waals surface area contributed by atoms with Crippen LogP contribution in [0.25, 0.3) is 22.3 Å². The molecule has 2 atom stereocenters. The Kier molecular flexibility index (Phi) is 6.48. The highest BCUT2D eigenvalue weighted by Gasteiger charge is 2.31. The van der Waals surface area contributed by atoms with E-state index in [-0.39, 0.29) is 18.0 Å². The second-order valence-corrected chi connectivity index (χ2v) is 8.49. The molecule has 0 bridgehead atoms. The van der Waals surface area contributed by atoms with Crippen LogP contribution in [0.1, 0.15) is 34.1 Å². The average molecular weight is 451 g/mol. The zero-order valence-electron chi connectivity index (χ0n) is 19.5. The predicted molar refractivity (Wildman–Crippen MR) is 128 cm³/mol. The first-order valence-electron chi connectivity index (χ1n) is 11.3. The normalized spacial score (nSPS) is 18.4. The monoisotopic (exact) mass is 450 g/mol. The Balaban J connectivity index is 1.59. The van der Waals surface area contributed by atoms with Gasteiger partial charge in [-0.15, -0.1) is 0 Å². The van der Waals surface area contributed by atoms with Crippen molar-refractivity contribution >= 4 is 34.5 Å². The van der Waals surface area contributed by atoms with Gasteiger partial charge < -0.3 is 19.5 Å². The molecule has 2 N–H and O–H groups in total. The number of hydrogen-bond acceptors (Lipinski definition) is 6. The summed E-state index contributed by atoms with van der Waals surface area (Å²) in [6, 6.07) is 8.02. The van der Waals surface area contributed by atoms with E-state index in [4.69, 9.17) is 9.72 Å². The number of H-pyrrole nitrogens is 1. The highest BCUT2D eigenvalue weighted by atomic mass is 16.5. The quantitative estimate of drug-likeness (QED) is 0.608. The molecule has 33 heavy (non-hydrogen) atoms. The Labute approximate surface area is 193 Å². The highest BCUT2D eigenvalue weighted by Crippen LogP contribution is 2.30. The molecule has 0 saturated carbocycles. The van der Waals surface area contributed by atoms with Gasteiger partial charge in [0.05, 0.1) is 24.2 Å². The third-order valence-corrected chi connectivity index (χ3v) is 5.83. The molecule has 0 aliphatic carbocycles. The number of aromatic amines is 1. The minimum absolute atomic E-state index is 0.102. The molecule has 4 heterocycles. The fourth-order valence-corrected chi connectivity index (χ4v) is 4.51. The number of rotatable bonds is 5. The maximum absolute atomic E-state index is 12.0. The Hall–Kier alpha value is -3.62. The summed E-state index contributed by atoms with van der Waals surface area (Å²) in [6.45, 7) is 9.52. The largest absolute Gasteiger partial charge is 0.449 e. The van der Waals surface area contributed by atoms with Crippen LogP contribution in [0.4, 0.5) is 16.3 Å². The summed E-state index contributed by atoms with van der Waals surface area (Å²) in [5.41, 5.74) is 2.97. The first-order chi connectivity index (χ1) is 15.9. The number of carbonyl (C=O) groups is 2. The minimum atomic E-state index is -0.497. The number of fused-ring (bicyclic) bond motifs is 1. The summed E-state index contributed by atoms with van der Waals surface area (Å²) in [4.78, 5) is 40.6. The van der Waals surface area contributed by atoms with Gasteiger partial charge in [-0.2, -0.15) is 0 Å². The molecular formula is C24H30N6O3. The summed E-state index contributed by atoms with van der Waals surface area (Å²) >= 11 is 0. The fraction of sp³-hybridized carbons (Fsp3) is 0.417. The summed E-state index contributed by atoms with van der Waals surface area (Å²) in [6.07, 6.45) is 3.73. The number of pyridine rings is 2. The van der Waals surface area contributed by atoms with Crippen LogP contribution in [0.5, 0.6) is 0 Å². The number of piperazine rings is 1. The number of amides is 2. The second kappa shape index (κ2) is 9.48. The molecule has 4 rings (SSSR count). The van der Waals surface area contributed by atoms with Crippen LogP contribution >= 0.6 is 0 Å². The zero-order chi connectivity index (χ0) is 23.5. The molecule has 9 heteroatoms. The third-order valence-electron chi connectivity index (χ3n) is 5.83. The van der Waals surface area contributed by atoms with Crippen molar-refractivity contribution in [3.05, 3.63) is 36.7 Å². The van der Waals surface area contributed by atoms with E-state index in [0.29, 0.717) is 17.9 Å². The third kappa shape index (κ3) is 4.76. The first-order valence-corrected chi connectivity index (χ1v) is 11.3. The van der Waals surface area contributed by atoms with Gasteiger partial charge in [-0.1, -0.05) is 13.0 Å². The van der Waals surface area contributed by atoms with Crippen molar-refractivity contribution in [1.29, 1.82) is 0 Å². The first kappa shape index (κ1) is 22.6. The van der Waals surface area contributed by atoms with Crippen molar-refractivity contribution < 1.29 is 14.3 Å². The lowest BCUT2D eigenvalue weighted by atomic mass is 10.1. The van der Waals surface area contributed by atoms with E-state index in [1.54, 1.807) is 13.1 Å². The van der Waals surface area contributed by atoms with E-state index < -0.39 is 6.09 Å². The summed E-state index contributed by atoms with van der Waals surface area (Å²) in [5.74, 6) is 0.972. The lowest BCUT2D eigenvalue weighted by molar-refractivity contribution is -0.133. The van der Waals surface area contributed by atoms with E-state index >= 15 is 0 Å². The molecule has 3 aromatic rings. The molecule has 3 aromatic heterocycles. The zero-order valence-corrected chi connectivity index (χ0v) is 19.5. The van der Waals surface area contributed by atoms with Gasteiger partial charge in [-0.25, -0.2) is 14.8 Å². The van der Waals surface area contributed by atoms with Gasteiger partial charge in [0, 0.05) is 49.2 Å². The summed E-state index contributed by atoms with van der Waals surface area (Å²) in [5, 5.41) is 3.58. The predicted octanol–water partition coefficient (Wildman–Crippen LogP) is 4.03. The number of carbonyl (C=O) groups excluding carboxylic acids is 2. The number of ether oxygens (including phenoxy) is 1. The van der Waals surface area contributed by atoms with Crippen LogP contribution in [0.15, 0.2) is 36.7 Å². The van der Waals surface area contributed by atoms with E-state index in [1.807, 2.05) is 42.3 Å². The molecule has 1 saturated heterocycles. The second-order valence-electron chi connectivity index (χ2n) is 8.49. The average Bonchev–Trinajstić information content (AvgIpc) is 3.20. The molecule has 0 spiro atoms. The maximum Gasteiger partial charge on any atom is 0.411 e. The Morgan fingerprint density at radius 3 is 2.70 bits per heavy atom. The molecule has 0 radical (unpaired) electrons. The summed E-state index contributed by atoms with van der Waals surface area (Å²) < 4.78 is 5.10. The van der Waals surface area contributed by atoms with Gasteiger partial charge in [0.15, 0.2) is 0 Å². The van der Waals surface area contributed by atoms with Crippen LogP contribution in [0.2, 0.25) is 0 Å². The number of nitrogens with one attached hydrogen (secondary N) is 2. The van der Waals surface area contributed by atoms with Crippen LogP contribution in [0.3, 0.4) is 0 Å². The van der Waals surface area contributed by atoms with Crippen LogP contribution in [0, 0.1) is 0 Å². The van der Waals surface area contributed by atoms with E-state index in [9.17, 15) is 9.59 Å². The van der Waals surface area contributed by atoms with Crippen molar-refractivity contribution in [2.75, 3.05) is 29.9 Å². The number of anilines is 2. The number of aromatic nitrogens is 3. The molecule has 0 aromatic carbocycles. The molecule has 1 aliphatic rings. The lowest BCUT2D eigenvalue weighted by Crippen LogP contribution is -2.58. The summed E-state index contributed by atoms with van der Waals surface area (Å²) in [7, 11) is 0. The van der Waals surface area contributed by atoms with Crippen molar-refractivity contribution in [2.45, 2.75) is 46.2 Å². The standard InChI is InChI=1S/C24H30N6O3/c1-5-9-33-24(32)27-18-10-19-20(12-26-23(19)25-11-18)21-7-6-8-22(28-21)29-13-15(2)30(17(4)31)16(3)14-29/h6-8,10-12,15-16H,5,9,13-14H2,1-4H3,(H,25,26)(H,27,32)/t15-,16+. The molecule has 1 aliphatic heterocycles.